The van der Waals surface area contributed by atoms with Crippen molar-refractivity contribution in [3.8, 4) is 0 Å². The van der Waals surface area contributed by atoms with E-state index in [1.165, 1.54) is 13.1 Å². The molecule has 8 nitrogen and oxygen atoms in total. The largest absolute Gasteiger partial charge is 0.454 e. The van der Waals surface area contributed by atoms with Gasteiger partial charge in [0.25, 0.3) is 11.8 Å². The summed E-state index contributed by atoms with van der Waals surface area (Å²) in [6, 6.07) is 3.27. The highest BCUT2D eigenvalue weighted by Crippen LogP contribution is 2.30. The lowest BCUT2D eigenvalue weighted by molar-refractivity contribution is -0.149. The van der Waals surface area contributed by atoms with Gasteiger partial charge in [-0.3, -0.25) is 19.3 Å². The van der Waals surface area contributed by atoms with Crippen molar-refractivity contribution in [2.75, 3.05) is 32.1 Å². The molecule has 0 radical (unpaired) electrons. The van der Waals surface area contributed by atoms with Gasteiger partial charge < -0.3 is 15.0 Å². The van der Waals surface area contributed by atoms with Crippen molar-refractivity contribution in [3.63, 3.8) is 0 Å². The number of nitrogens with one attached hydrogen (secondary N) is 1. The lowest BCUT2D eigenvalue weighted by Crippen LogP contribution is -2.37. The monoisotopic (exact) mass is 373 g/mol. The topological polar surface area (TPSA) is 96.0 Å². The number of likely N-dealkylation sites (N-methyl/N-ethyl adjacent to an activating group) is 1. The maximum Gasteiger partial charge on any atom is 0.416 e. The fourth-order valence-electron chi connectivity index (χ4n) is 2.12. The van der Waals surface area contributed by atoms with Crippen LogP contribution in [-0.4, -0.2) is 60.4 Å². The Kier molecular flexibility index (Phi) is 5.48. The van der Waals surface area contributed by atoms with Crippen LogP contribution in [0.1, 0.15) is 5.56 Å². The number of hydrogen-bond acceptors (Lipinski definition) is 5. The molecule has 2 rings (SSSR count). The van der Waals surface area contributed by atoms with E-state index in [9.17, 15) is 32.3 Å². The highest BCUT2D eigenvalue weighted by Gasteiger charge is 2.35. The van der Waals surface area contributed by atoms with Crippen LogP contribution in [-0.2, 0) is 25.3 Å². The molecule has 1 aromatic rings. The molecule has 26 heavy (non-hydrogen) atoms. The molecule has 1 saturated heterocycles. The van der Waals surface area contributed by atoms with Gasteiger partial charge in [0, 0.05) is 12.7 Å². The molecule has 11 heteroatoms. The lowest BCUT2D eigenvalue weighted by Gasteiger charge is -2.13. The first-order chi connectivity index (χ1) is 12.1. The van der Waals surface area contributed by atoms with Crippen molar-refractivity contribution in [1.82, 2.24) is 9.80 Å². The van der Waals surface area contributed by atoms with Gasteiger partial charge in [0.05, 0.1) is 5.56 Å². The number of anilines is 1. The predicted molar refractivity (Wildman–Crippen MR) is 80.8 cm³/mol. The van der Waals surface area contributed by atoms with Crippen LogP contribution in [0.15, 0.2) is 24.3 Å². The molecule has 1 heterocycles. The highest BCUT2D eigenvalue weighted by atomic mass is 19.4. The van der Waals surface area contributed by atoms with Crippen LogP contribution in [0, 0.1) is 0 Å². The molecule has 1 N–H and O–H groups in total. The smallest absolute Gasteiger partial charge is 0.416 e. The van der Waals surface area contributed by atoms with E-state index in [4.69, 9.17) is 0 Å². The molecular formula is C15H14F3N3O5. The zero-order valence-corrected chi connectivity index (χ0v) is 13.5. The van der Waals surface area contributed by atoms with Gasteiger partial charge in [-0.2, -0.15) is 13.2 Å². The van der Waals surface area contributed by atoms with Crippen molar-refractivity contribution in [2.24, 2.45) is 0 Å². The second kappa shape index (κ2) is 7.42. The molecule has 0 atom stereocenters. The predicted octanol–water partition coefficient (Wildman–Crippen LogP) is 1.08. The van der Waals surface area contributed by atoms with Crippen LogP contribution in [0.3, 0.4) is 0 Å². The molecule has 4 amide bonds. The maximum absolute atomic E-state index is 12.6. The highest BCUT2D eigenvalue weighted by molar-refractivity contribution is 6.04. The summed E-state index contributed by atoms with van der Waals surface area (Å²) in [6.45, 7) is -1.60. The average molecular weight is 373 g/mol. The summed E-state index contributed by atoms with van der Waals surface area (Å²) in [5, 5.41) is 2.16. The molecule has 1 aliphatic heterocycles. The van der Waals surface area contributed by atoms with E-state index in [2.05, 4.69) is 10.1 Å². The SMILES string of the molecule is CN1CC(=O)N(CC(=O)OCC(=O)Nc2cccc(C(F)(F)F)c2)C1=O. The van der Waals surface area contributed by atoms with Crippen molar-refractivity contribution < 1.29 is 37.1 Å². The number of carbonyl (C=O) groups is 4. The number of imide groups is 1. The first kappa shape index (κ1) is 19.2. The number of hydrogen-bond donors (Lipinski definition) is 1. The van der Waals surface area contributed by atoms with Crippen molar-refractivity contribution in [1.29, 1.82) is 0 Å². The molecule has 1 aromatic carbocycles. The normalized spacial score (nSPS) is 14.6. The molecule has 0 bridgehead atoms. The Balaban J connectivity index is 1.84. The van der Waals surface area contributed by atoms with E-state index >= 15 is 0 Å². The van der Waals surface area contributed by atoms with E-state index in [1.807, 2.05) is 0 Å². The van der Waals surface area contributed by atoms with E-state index in [0.29, 0.717) is 4.90 Å². The van der Waals surface area contributed by atoms with Gasteiger partial charge in [0.1, 0.15) is 13.1 Å². The van der Waals surface area contributed by atoms with Crippen molar-refractivity contribution >= 4 is 29.5 Å². The molecule has 0 unspecified atom stereocenters. The molecule has 1 fully saturated rings. The van der Waals surface area contributed by atoms with Gasteiger partial charge >= 0.3 is 18.2 Å². The number of amides is 4. The fourth-order valence-corrected chi connectivity index (χ4v) is 2.12. The summed E-state index contributed by atoms with van der Waals surface area (Å²) in [5.41, 5.74) is -1.06. The number of rotatable bonds is 5. The van der Waals surface area contributed by atoms with Crippen molar-refractivity contribution in [2.45, 2.75) is 6.18 Å². The molecule has 0 aromatic heterocycles. The minimum atomic E-state index is -4.56. The van der Waals surface area contributed by atoms with Crippen LogP contribution in [0.25, 0.3) is 0 Å². The third kappa shape index (κ3) is 4.71. The van der Waals surface area contributed by atoms with Gasteiger partial charge in [0.2, 0.25) is 0 Å². The van der Waals surface area contributed by atoms with Gasteiger partial charge in [-0.15, -0.1) is 0 Å². The Morgan fingerprint density at radius 1 is 1.27 bits per heavy atom. The summed E-state index contributed by atoms with van der Waals surface area (Å²) >= 11 is 0. The Morgan fingerprint density at radius 2 is 1.96 bits per heavy atom. The molecule has 140 valence electrons. The number of benzene rings is 1. The second-order valence-corrected chi connectivity index (χ2v) is 5.41. The van der Waals surface area contributed by atoms with Crippen molar-refractivity contribution in [3.05, 3.63) is 29.8 Å². The molecule has 0 spiro atoms. The minimum absolute atomic E-state index is 0.118. The first-order valence-corrected chi connectivity index (χ1v) is 7.26. The number of ether oxygens (including phenoxy) is 1. The lowest BCUT2D eigenvalue weighted by atomic mass is 10.2. The Labute approximate surface area is 145 Å². The maximum atomic E-state index is 12.6. The van der Waals surface area contributed by atoms with Gasteiger partial charge in [-0.25, -0.2) is 4.79 Å². The van der Waals surface area contributed by atoms with Gasteiger partial charge in [-0.05, 0) is 18.2 Å². The van der Waals surface area contributed by atoms with Crippen LogP contribution in [0.2, 0.25) is 0 Å². The third-order valence-electron chi connectivity index (χ3n) is 3.36. The number of urea groups is 1. The molecular weight excluding hydrogens is 359 g/mol. The number of esters is 1. The third-order valence-corrected chi connectivity index (χ3v) is 3.36. The summed E-state index contributed by atoms with van der Waals surface area (Å²) in [4.78, 5) is 48.2. The summed E-state index contributed by atoms with van der Waals surface area (Å²) in [5.74, 6) is -2.45. The second-order valence-electron chi connectivity index (χ2n) is 5.41. The standard InChI is InChI=1S/C15H14F3N3O5/c1-20-6-12(23)21(14(20)25)7-13(24)26-8-11(22)19-10-4-2-3-9(5-10)15(16,17)18/h2-5H,6-8H2,1H3,(H,19,22). The molecule has 1 aliphatic rings. The Hall–Kier alpha value is -3.11. The minimum Gasteiger partial charge on any atom is -0.454 e. The molecule has 0 aliphatic carbocycles. The van der Waals surface area contributed by atoms with Gasteiger partial charge in [-0.1, -0.05) is 6.07 Å². The number of halogens is 3. The summed E-state index contributed by atoms with van der Waals surface area (Å²) in [7, 11) is 1.38. The zero-order valence-electron chi connectivity index (χ0n) is 13.5. The van der Waals surface area contributed by atoms with Crippen LogP contribution < -0.4 is 5.32 Å². The zero-order chi connectivity index (χ0) is 19.5. The van der Waals surface area contributed by atoms with E-state index in [0.717, 1.165) is 23.1 Å². The first-order valence-electron chi connectivity index (χ1n) is 7.26. The number of alkyl halides is 3. The average Bonchev–Trinajstić information content (AvgIpc) is 2.79. The van der Waals surface area contributed by atoms with Gasteiger partial charge in [0.15, 0.2) is 6.61 Å². The Bertz CT molecular complexity index is 750. The van der Waals surface area contributed by atoms with E-state index in [-0.39, 0.29) is 12.2 Å². The summed E-state index contributed by atoms with van der Waals surface area (Å²) in [6.07, 6.45) is -4.56. The quantitative estimate of drug-likeness (QED) is 0.616. The summed E-state index contributed by atoms with van der Waals surface area (Å²) < 4.78 is 42.4. The number of nitrogens with zero attached hydrogens (tertiary/aromatic N) is 2. The van der Waals surface area contributed by atoms with Crippen LogP contribution >= 0.6 is 0 Å². The van der Waals surface area contributed by atoms with E-state index in [1.54, 1.807) is 0 Å². The Morgan fingerprint density at radius 3 is 2.54 bits per heavy atom. The van der Waals surface area contributed by atoms with Crippen LogP contribution in [0.4, 0.5) is 23.7 Å². The van der Waals surface area contributed by atoms with E-state index < -0.39 is 48.7 Å². The van der Waals surface area contributed by atoms with Crippen LogP contribution in [0.5, 0.6) is 0 Å². The molecule has 0 saturated carbocycles. The number of carbonyl (C=O) groups excluding carboxylic acids is 4. The fraction of sp³-hybridized carbons (Fsp3) is 0.333.